The third kappa shape index (κ3) is 6.79. The zero-order valence-electron chi connectivity index (χ0n) is 20.7. The van der Waals surface area contributed by atoms with Crippen molar-refractivity contribution in [2.75, 3.05) is 23.8 Å². The summed E-state index contributed by atoms with van der Waals surface area (Å²) in [6, 6.07) is 19.4. The summed E-state index contributed by atoms with van der Waals surface area (Å²) in [5.74, 6) is 0.233. The highest BCUT2D eigenvalue weighted by Gasteiger charge is 2.27. The number of urea groups is 1. The van der Waals surface area contributed by atoms with Crippen molar-refractivity contribution in [1.82, 2.24) is 10.0 Å². The predicted molar refractivity (Wildman–Crippen MR) is 143 cm³/mol. The minimum Gasteiger partial charge on any atom is -0.497 e. The summed E-state index contributed by atoms with van der Waals surface area (Å²) < 4.78 is 34.8. The van der Waals surface area contributed by atoms with Crippen molar-refractivity contribution in [2.45, 2.75) is 31.7 Å². The number of ether oxygens (including phenoxy) is 1. The summed E-state index contributed by atoms with van der Waals surface area (Å²) in [4.78, 5) is 27.6. The lowest BCUT2D eigenvalue weighted by Crippen LogP contribution is -2.53. The van der Waals surface area contributed by atoms with Crippen molar-refractivity contribution in [2.24, 2.45) is 0 Å². The van der Waals surface area contributed by atoms with E-state index in [1.807, 2.05) is 41.1 Å². The number of likely N-dealkylation sites (N-methyl/N-ethyl adjacent to an activating group) is 1. The molecule has 1 aliphatic carbocycles. The number of benzene rings is 3. The lowest BCUT2D eigenvalue weighted by Gasteiger charge is -2.25. The summed E-state index contributed by atoms with van der Waals surface area (Å²) in [5, 5.41) is 2.54. The molecule has 0 unspecified atom stereocenters. The molecule has 0 bridgehead atoms. The molecular formula is C27H30N4O5S. The molecule has 3 aromatic carbocycles. The van der Waals surface area contributed by atoms with Gasteiger partial charge < -0.3 is 15.0 Å². The minimum absolute atomic E-state index is 0.173. The van der Waals surface area contributed by atoms with Crippen LogP contribution in [0.4, 0.5) is 16.2 Å². The zero-order chi connectivity index (χ0) is 26.4. The SMILES string of the molecule is COc1ccc(N(C)C(=O)[C@H](Cc2ccccc2)NC(=O)NS(=O)(=O)Nc2ccc3c(c2)CCC3)cc1. The van der Waals surface area contributed by atoms with Crippen LogP contribution < -0.4 is 24.4 Å². The van der Waals surface area contributed by atoms with Gasteiger partial charge in [0, 0.05) is 19.2 Å². The van der Waals surface area contributed by atoms with Crippen molar-refractivity contribution in [3.8, 4) is 5.75 Å². The van der Waals surface area contributed by atoms with Gasteiger partial charge in [-0.1, -0.05) is 36.4 Å². The third-order valence-electron chi connectivity index (χ3n) is 6.25. The molecule has 1 atom stereocenters. The number of anilines is 2. The lowest BCUT2D eigenvalue weighted by atomic mass is 10.0. The van der Waals surface area contributed by atoms with Crippen LogP contribution in [0.1, 0.15) is 23.1 Å². The molecule has 0 heterocycles. The first kappa shape index (κ1) is 26.0. The monoisotopic (exact) mass is 522 g/mol. The number of methoxy groups -OCH3 is 1. The van der Waals surface area contributed by atoms with Gasteiger partial charge in [-0.05, 0) is 72.4 Å². The number of nitrogens with zero attached hydrogens (tertiary/aromatic N) is 1. The Bertz CT molecular complexity index is 1360. The van der Waals surface area contributed by atoms with Gasteiger partial charge in [-0.15, -0.1) is 0 Å². The Morgan fingerprint density at radius 3 is 2.38 bits per heavy atom. The molecule has 37 heavy (non-hydrogen) atoms. The van der Waals surface area contributed by atoms with Crippen molar-refractivity contribution in [3.05, 3.63) is 89.5 Å². The molecule has 194 valence electrons. The molecule has 0 spiro atoms. The Labute approximate surface area is 217 Å². The molecule has 0 saturated carbocycles. The van der Waals surface area contributed by atoms with Crippen LogP contribution in [0, 0.1) is 0 Å². The number of fused-ring (bicyclic) bond motifs is 1. The van der Waals surface area contributed by atoms with Crippen molar-refractivity contribution in [1.29, 1.82) is 0 Å². The molecule has 0 aliphatic heterocycles. The second-order valence-electron chi connectivity index (χ2n) is 8.86. The number of carbonyl (C=O) groups excluding carboxylic acids is 2. The normalized spacial score (nSPS) is 13.2. The van der Waals surface area contributed by atoms with E-state index in [1.54, 1.807) is 50.6 Å². The summed E-state index contributed by atoms with van der Waals surface area (Å²) in [7, 11) is -1.08. The second kappa shape index (κ2) is 11.3. The second-order valence-corrected chi connectivity index (χ2v) is 10.3. The summed E-state index contributed by atoms with van der Waals surface area (Å²) >= 11 is 0. The van der Waals surface area contributed by atoms with E-state index < -0.39 is 28.2 Å². The van der Waals surface area contributed by atoms with Gasteiger partial charge in [-0.2, -0.15) is 8.42 Å². The highest BCUT2D eigenvalue weighted by Crippen LogP contribution is 2.25. The maximum atomic E-state index is 13.4. The van der Waals surface area contributed by atoms with E-state index in [0.717, 1.165) is 30.4 Å². The minimum atomic E-state index is -4.23. The predicted octanol–water partition coefficient (Wildman–Crippen LogP) is 3.41. The number of aryl methyl sites for hydroxylation is 2. The van der Waals surface area contributed by atoms with E-state index in [-0.39, 0.29) is 6.42 Å². The van der Waals surface area contributed by atoms with E-state index in [0.29, 0.717) is 17.1 Å². The fraction of sp³-hybridized carbons (Fsp3) is 0.259. The van der Waals surface area contributed by atoms with Gasteiger partial charge in [0.05, 0.1) is 12.8 Å². The van der Waals surface area contributed by atoms with E-state index >= 15 is 0 Å². The average molecular weight is 523 g/mol. The molecule has 4 rings (SSSR count). The van der Waals surface area contributed by atoms with Gasteiger partial charge >= 0.3 is 16.2 Å². The third-order valence-corrected chi connectivity index (χ3v) is 7.21. The first-order valence-electron chi connectivity index (χ1n) is 11.9. The number of nitrogens with one attached hydrogen (secondary N) is 3. The van der Waals surface area contributed by atoms with E-state index in [1.165, 1.54) is 10.5 Å². The van der Waals surface area contributed by atoms with Gasteiger partial charge in [-0.25, -0.2) is 9.52 Å². The van der Waals surface area contributed by atoms with Crippen LogP contribution in [0.25, 0.3) is 0 Å². The number of hydrogen-bond donors (Lipinski definition) is 3. The summed E-state index contributed by atoms with van der Waals surface area (Å²) in [5.41, 5.74) is 4.08. The van der Waals surface area contributed by atoms with Crippen molar-refractivity contribution >= 4 is 33.5 Å². The number of amides is 3. The lowest BCUT2D eigenvalue weighted by molar-refractivity contribution is -0.120. The van der Waals surface area contributed by atoms with Crippen LogP contribution in [0.3, 0.4) is 0 Å². The molecule has 10 heteroatoms. The Hall–Kier alpha value is -4.05. The summed E-state index contributed by atoms with van der Waals surface area (Å²) in [6.07, 6.45) is 3.08. The zero-order valence-corrected chi connectivity index (χ0v) is 21.5. The standard InChI is InChI=1S/C27H30N4O5S/c1-31(23-13-15-24(36-2)16-14-23)26(32)25(17-19-7-4-3-5-8-19)28-27(33)30-37(34,35)29-22-12-11-20-9-6-10-21(20)18-22/h3-5,7-8,11-16,18,25,29H,6,9-10,17H2,1-2H3,(H2,28,30,33)/t25-/m0/s1. The average Bonchev–Trinajstić information content (AvgIpc) is 3.35. The molecule has 3 amide bonds. The number of hydrogen-bond acceptors (Lipinski definition) is 5. The van der Waals surface area contributed by atoms with Gasteiger partial charge in [0.25, 0.3) is 0 Å². The highest BCUT2D eigenvalue weighted by atomic mass is 32.2. The van der Waals surface area contributed by atoms with Crippen LogP contribution in [-0.4, -0.2) is 40.6 Å². The number of rotatable bonds is 9. The van der Waals surface area contributed by atoms with Crippen LogP contribution in [0.15, 0.2) is 72.8 Å². The molecule has 0 aromatic heterocycles. The van der Waals surface area contributed by atoms with Crippen LogP contribution in [0.5, 0.6) is 5.75 Å². The van der Waals surface area contributed by atoms with E-state index in [4.69, 9.17) is 4.74 Å². The Morgan fingerprint density at radius 2 is 1.68 bits per heavy atom. The maximum absolute atomic E-state index is 13.4. The first-order valence-corrected chi connectivity index (χ1v) is 13.4. The Kier molecular flexibility index (Phi) is 7.98. The quantitative estimate of drug-likeness (QED) is 0.398. The van der Waals surface area contributed by atoms with Gasteiger partial charge in [-0.3, -0.25) is 9.52 Å². The molecular weight excluding hydrogens is 492 g/mol. The fourth-order valence-corrected chi connectivity index (χ4v) is 5.13. The molecule has 9 nitrogen and oxygen atoms in total. The van der Waals surface area contributed by atoms with Gasteiger partial charge in [0.2, 0.25) is 5.91 Å². The molecule has 3 aromatic rings. The maximum Gasteiger partial charge on any atom is 0.330 e. The molecule has 0 radical (unpaired) electrons. The van der Waals surface area contributed by atoms with Gasteiger partial charge in [0.1, 0.15) is 11.8 Å². The Morgan fingerprint density at radius 1 is 0.973 bits per heavy atom. The smallest absolute Gasteiger partial charge is 0.330 e. The van der Waals surface area contributed by atoms with Crippen molar-refractivity contribution < 1.29 is 22.7 Å². The number of carbonyl (C=O) groups is 2. The molecule has 1 aliphatic rings. The molecule has 0 saturated heterocycles. The van der Waals surface area contributed by atoms with Crippen LogP contribution >= 0.6 is 0 Å². The van der Waals surface area contributed by atoms with Crippen molar-refractivity contribution in [3.63, 3.8) is 0 Å². The fourth-order valence-electron chi connectivity index (χ4n) is 4.34. The van der Waals surface area contributed by atoms with Gasteiger partial charge in [0.15, 0.2) is 0 Å². The molecule has 0 fully saturated rings. The largest absolute Gasteiger partial charge is 0.497 e. The van der Waals surface area contributed by atoms with E-state index in [9.17, 15) is 18.0 Å². The molecule has 3 N–H and O–H groups in total. The first-order chi connectivity index (χ1) is 17.7. The summed E-state index contributed by atoms with van der Waals surface area (Å²) in [6.45, 7) is 0. The van der Waals surface area contributed by atoms with Crippen LogP contribution in [-0.2, 0) is 34.3 Å². The van der Waals surface area contributed by atoms with E-state index in [2.05, 4.69) is 10.0 Å². The topological polar surface area (TPSA) is 117 Å². The highest BCUT2D eigenvalue weighted by molar-refractivity contribution is 7.91. The van der Waals surface area contributed by atoms with Crippen LogP contribution in [0.2, 0.25) is 0 Å². The Balaban J connectivity index is 1.46.